The summed E-state index contributed by atoms with van der Waals surface area (Å²) in [4.78, 5) is 20.2. The molecule has 2 aromatic carbocycles. The van der Waals surface area contributed by atoms with Gasteiger partial charge in [0, 0.05) is 22.7 Å². The van der Waals surface area contributed by atoms with E-state index in [1.807, 2.05) is 30.3 Å². The van der Waals surface area contributed by atoms with Crippen LogP contribution in [0.5, 0.6) is 0 Å². The van der Waals surface area contributed by atoms with Gasteiger partial charge in [-0.25, -0.2) is 9.97 Å². The number of thiophene rings is 1. The van der Waals surface area contributed by atoms with Crippen molar-refractivity contribution in [3.8, 4) is 11.1 Å². The van der Waals surface area contributed by atoms with Gasteiger partial charge in [-0.3, -0.25) is 4.79 Å². The van der Waals surface area contributed by atoms with Crippen molar-refractivity contribution >= 4 is 43.4 Å². The number of amides is 1. The largest absolute Gasteiger partial charge is 0.382 e. The van der Waals surface area contributed by atoms with Crippen LogP contribution in [0.2, 0.25) is 0 Å². The van der Waals surface area contributed by atoms with Crippen molar-refractivity contribution in [2.75, 3.05) is 12.8 Å². The predicted molar refractivity (Wildman–Crippen MR) is 98.2 cm³/mol. The van der Waals surface area contributed by atoms with Gasteiger partial charge in [-0.05, 0) is 29.3 Å². The number of rotatable bonds is 2. The Kier molecular flexibility index (Phi) is 3.39. The summed E-state index contributed by atoms with van der Waals surface area (Å²) >= 11 is 1.58. The number of nitrogen functional groups attached to an aromatic ring is 1. The molecule has 0 spiro atoms. The highest BCUT2D eigenvalue weighted by atomic mass is 32.1. The lowest BCUT2D eigenvalue weighted by Gasteiger charge is -2.05. The molecular weight excluding hydrogens is 320 g/mol. The summed E-state index contributed by atoms with van der Waals surface area (Å²) < 4.78 is 2.00. The first-order chi connectivity index (χ1) is 11.7. The Morgan fingerprint density at radius 1 is 1.12 bits per heavy atom. The standard InChI is InChI=1S/C18H14N4OS/c1-20-18(23)12-4-2-3-10(7-12)11-5-6-13-14(8-11)24-16-15(13)21-9-22-17(16)19/h2-9H,1H3,(H,20,23)(H2,19,21,22). The zero-order chi connectivity index (χ0) is 16.7. The molecule has 2 aromatic heterocycles. The molecule has 4 rings (SSSR count). The number of nitrogens with zero attached hydrogens (tertiary/aromatic N) is 2. The molecule has 5 nitrogen and oxygen atoms in total. The van der Waals surface area contributed by atoms with Crippen LogP contribution in [-0.2, 0) is 0 Å². The van der Waals surface area contributed by atoms with Crippen LogP contribution < -0.4 is 11.1 Å². The van der Waals surface area contributed by atoms with Gasteiger partial charge in [0.25, 0.3) is 5.91 Å². The van der Waals surface area contributed by atoms with E-state index in [2.05, 4.69) is 21.4 Å². The summed E-state index contributed by atoms with van der Waals surface area (Å²) in [5.41, 5.74) is 9.52. The van der Waals surface area contributed by atoms with Gasteiger partial charge in [0.1, 0.15) is 12.1 Å². The molecule has 0 saturated heterocycles. The monoisotopic (exact) mass is 334 g/mol. The Balaban J connectivity index is 1.88. The van der Waals surface area contributed by atoms with E-state index >= 15 is 0 Å². The maximum absolute atomic E-state index is 11.8. The number of fused-ring (bicyclic) bond motifs is 3. The topological polar surface area (TPSA) is 80.9 Å². The Hall–Kier alpha value is -2.99. The number of carbonyl (C=O) groups is 1. The van der Waals surface area contributed by atoms with E-state index in [0.717, 1.165) is 31.4 Å². The number of hydrogen-bond donors (Lipinski definition) is 2. The van der Waals surface area contributed by atoms with Crippen LogP contribution in [-0.4, -0.2) is 22.9 Å². The van der Waals surface area contributed by atoms with Gasteiger partial charge in [-0.2, -0.15) is 0 Å². The molecule has 0 aliphatic rings. The molecule has 6 heteroatoms. The summed E-state index contributed by atoms with van der Waals surface area (Å²) in [5, 5.41) is 3.71. The van der Waals surface area contributed by atoms with E-state index < -0.39 is 0 Å². The molecule has 24 heavy (non-hydrogen) atoms. The molecule has 0 aliphatic heterocycles. The number of anilines is 1. The van der Waals surface area contributed by atoms with Crippen LogP contribution in [0.4, 0.5) is 5.82 Å². The highest BCUT2D eigenvalue weighted by Gasteiger charge is 2.11. The quantitative estimate of drug-likeness (QED) is 0.588. The molecule has 0 atom stereocenters. The van der Waals surface area contributed by atoms with Gasteiger partial charge < -0.3 is 11.1 Å². The van der Waals surface area contributed by atoms with E-state index in [0.29, 0.717) is 11.4 Å². The zero-order valence-corrected chi connectivity index (χ0v) is 13.7. The summed E-state index contributed by atoms with van der Waals surface area (Å²) in [5.74, 6) is 0.409. The minimum atomic E-state index is -0.0946. The molecule has 2 heterocycles. The Bertz CT molecular complexity index is 1090. The third-order valence-corrected chi connectivity index (χ3v) is 5.13. The van der Waals surface area contributed by atoms with Crippen molar-refractivity contribution in [1.29, 1.82) is 0 Å². The SMILES string of the molecule is CNC(=O)c1cccc(-c2ccc3c(c2)sc2c(N)ncnc23)c1. The van der Waals surface area contributed by atoms with Crippen LogP contribution in [0.1, 0.15) is 10.4 Å². The fourth-order valence-corrected chi connectivity index (χ4v) is 3.85. The van der Waals surface area contributed by atoms with Crippen LogP contribution in [0.3, 0.4) is 0 Å². The maximum atomic E-state index is 11.8. The first kappa shape index (κ1) is 14.6. The van der Waals surface area contributed by atoms with E-state index in [1.54, 1.807) is 24.5 Å². The highest BCUT2D eigenvalue weighted by molar-refractivity contribution is 7.26. The second-order valence-corrected chi connectivity index (χ2v) is 6.46. The fraction of sp³-hybridized carbons (Fsp3) is 0.0556. The summed E-state index contributed by atoms with van der Waals surface area (Å²) in [6, 6.07) is 13.8. The lowest BCUT2D eigenvalue weighted by atomic mass is 10.0. The molecule has 0 fully saturated rings. The predicted octanol–water partition coefficient (Wildman–Crippen LogP) is 3.45. The molecule has 3 N–H and O–H groups in total. The molecular formula is C18H14N4OS. The molecule has 0 radical (unpaired) electrons. The zero-order valence-electron chi connectivity index (χ0n) is 12.9. The maximum Gasteiger partial charge on any atom is 0.251 e. The Morgan fingerprint density at radius 3 is 2.79 bits per heavy atom. The van der Waals surface area contributed by atoms with E-state index in [4.69, 9.17) is 5.73 Å². The van der Waals surface area contributed by atoms with Crippen LogP contribution >= 0.6 is 11.3 Å². The van der Waals surface area contributed by atoms with E-state index in [-0.39, 0.29) is 5.91 Å². The smallest absolute Gasteiger partial charge is 0.251 e. The Morgan fingerprint density at radius 2 is 1.96 bits per heavy atom. The van der Waals surface area contributed by atoms with Crippen molar-refractivity contribution in [2.45, 2.75) is 0 Å². The van der Waals surface area contributed by atoms with Crippen molar-refractivity contribution in [1.82, 2.24) is 15.3 Å². The summed E-state index contributed by atoms with van der Waals surface area (Å²) in [6.45, 7) is 0. The second-order valence-electron chi connectivity index (χ2n) is 5.41. The average molecular weight is 334 g/mol. The molecule has 0 unspecified atom stereocenters. The minimum Gasteiger partial charge on any atom is -0.382 e. The van der Waals surface area contributed by atoms with Crippen molar-refractivity contribution in [3.63, 3.8) is 0 Å². The number of nitrogens with one attached hydrogen (secondary N) is 1. The lowest BCUT2D eigenvalue weighted by molar-refractivity contribution is 0.0963. The van der Waals surface area contributed by atoms with Crippen LogP contribution in [0.25, 0.3) is 31.4 Å². The average Bonchev–Trinajstić information content (AvgIpc) is 3.00. The van der Waals surface area contributed by atoms with Gasteiger partial charge in [0.2, 0.25) is 0 Å². The highest BCUT2D eigenvalue weighted by Crippen LogP contribution is 2.37. The van der Waals surface area contributed by atoms with E-state index in [9.17, 15) is 4.79 Å². The van der Waals surface area contributed by atoms with Crippen molar-refractivity contribution in [3.05, 3.63) is 54.4 Å². The van der Waals surface area contributed by atoms with Gasteiger partial charge in [0.05, 0.1) is 10.2 Å². The normalized spacial score (nSPS) is 11.0. The minimum absolute atomic E-state index is 0.0946. The fourth-order valence-electron chi connectivity index (χ4n) is 2.76. The first-order valence-corrected chi connectivity index (χ1v) is 8.24. The number of carbonyl (C=O) groups excluding carboxylic acids is 1. The number of benzene rings is 2. The molecule has 1 amide bonds. The summed E-state index contributed by atoms with van der Waals surface area (Å²) in [7, 11) is 1.63. The number of hydrogen-bond acceptors (Lipinski definition) is 5. The molecule has 0 aliphatic carbocycles. The van der Waals surface area contributed by atoms with E-state index in [1.165, 1.54) is 6.33 Å². The second kappa shape index (κ2) is 5.58. The Labute approximate surface area is 142 Å². The van der Waals surface area contributed by atoms with Crippen LogP contribution in [0.15, 0.2) is 48.8 Å². The molecule has 0 saturated carbocycles. The van der Waals surface area contributed by atoms with Gasteiger partial charge >= 0.3 is 0 Å². The van der Waals surface area contributed by atoms with Crippen molar-refractivity contribution < 1.29 is 4.79 Å². The lowest BCUT2D eigenvalue weighted by Crippen LogP contribution is -2.17. The van der Waals surface area contributed by atoms with Crippen LogP contribution in [0, 0.1) is 0 Å². The molecule has 0 bridgehead atoms. The number of nitrogens with two attached hydrogens (primary N) is 1. The first-order valence-electron chi connectivity index (χ1n) is 7.42. The van der Waals surface area contributed by atoms with Gasteiger partial charge in [-0.1, -0.05) is 24.3 Å². The van der Waals surface area contributed by atoms with Gasteiger partial charge in [-0.15, -0.1) is 11.3 Å². The molecule has 118 valence electrons. The third kappa shape index (κ3) is 2.28. The van der Waals surface area contributed by atoms with Crippen molar-refractivity contribution in [2.24, 2.45) is 0 Å². The molecule has 4 aromatic rings. The van der Waals surface area contributed by atoms with Gasteiger partial charge in [0.15, 0.2) is 0 Å². The summed E-state index contributed by atoms with van der Waals surface area (Å²) in [6.07, 6.45) is 1.49. The third-order valence-electron chi connectivity index (χ3n) is 3.97. The number of aromatic nitrogens is 2.